The lowest BCUT2D eigenvalue weighted by molar-refractivity contribution is 0.102. The summed E-state index contributed by atoms with van der Waals surface area (Å²) in [5.41, 5.74) is 2.42. The molecule has 0 bridgehead atoms. The highest BCUT2D eigenvalue weighted by molar-refractivity contribution is 6.34. The van der Waals surface area contributed by atoms with E-state index in [1.807, 2.05) is 12.1 Å². The number of nitrogens with zero attached hydrogens (tertiary/aromatic N) is 1. The zero-order valence-corrected chi connectivity index (χ0v) is 15.1. The van der Waals surface area contributed by atoms with Crippen molar-refractivity contribution < 1.29 is 9.90 Å². The molecule has 0 atom stereocenters. The highest BCUT2D eigenvalue weighted by atomic mass is 35.5. The van der Waals surface area contributed by atoms with Crippen molar-refractivity contribution in [2.45, 2.75) is 6.54 Å². The number of rotatable bonds is 5. The number of phenols is 1. The lowest BCUT2D eigenvalue weighted by atomic mass is 10.2. The van der Waals surface area contributed by atoms with E-state index < -0.39 is 5.91 Å². The molecule has 26 heavy (non-hydrogen) atoms. The van der Waals surface area contributed by atoms with E-state index in [9.17, 15) is 9.90 Å². The minimum Gasteiger partial charge on any atom is -0.507 e. The third-order valence-corrected chi connectivity index (χ3v) is 4.21. The normalized spacial score (nSPS) is 10.4. The van der Waals surface area contributed by atoms with Crippen molar-refractivity contribution >= 4 is 40.5 Å². The van der Waals surface area contributed by atoms with Gasteiger partial charge in [-0.2, -0.15) is 0 Å². The number of aromatic hydroxyl groups is 1. The van der Waals surface area contributed by atoms with Gasteiger partial charge in [0.25, 0.3) is 5.91 Å². The van der Waals surface area contributed by atoms with Crippen LogP contribution < -0.4 is 10.6 Å². The summed E-state index contributed by atoms with van der Waals surface area (Å²) in [5, 5.41) is 16.5. The fourth-order valence-corrected chi connectivity index (χ4v) is 2.71. The molecule has 3 rings (SSSR count). The van der Waals surface area contributed by atoms with E-state index in [2.05, 4.69) is 15.6 Å². The molecule has 0 fully saturated rings. The van der Waals surface area contributed by atoms with Crippen LogP contribution in [0.15, 0.2) is 60.9 Å². The van der Waals surface area contributed by atoms with Crippen LogP contribution in [0.25, 0.3) is 0 Å². The van der Waals surface area contributed by atoms with Crippen LogP contribution in [-0.2, 0) is 6.54 Å². The average molecular weight is 388 g/mol. The molecule has 5 nitrogen and oxygen atoms in total. The first-order chi connectivity index (χ1) is 12.5. The molecule has 1 amide bonds. The molecule has 3 aromatic rings. The van der Waals surface area contributed by atoms with Gasteiger partial charge in [0.15, 0.2) is 0 Å². The number of carbonyl (C=O) groups is 1. The topological polar surface area (TPSA) is 74.2 Å². The van der Waals surface area contributed by atoms with Crippen LogP contribution in [-0.4, -0.2) is 16.0 Å². The molecule has 7 heteroatoms. The average Bonchev–Trinajstić information content (AvgIpc) is 2.64. The first-order valence-corrected chi connectivity index (χ1v) is 8.51. The van der Waals surface area contributed by atoms with Crippen LogP contribution >= 0.6 is 23.2 Å². The first kappa shape index (κ1) is 18.0. The predicted molar refractivity (Wildman–Crippen MR) is 104 cm³/mol. The lowest BCUT2D eigenvalue weighted by Gasteiger charge is -2.11. The molecular formula is C19H15Cl2N3O2. The Morgan fingerprint density at radius 3 is 2.54 bits per heavy atom. The van der Waals surface area contributed by atoms with Gasteiger partial charge in [0.1, 0.15) is 5.75 Å². The first-order valence-electron chi connectivity index (χ1n) is 7.75. The van der Waals surface area contributed by atoms with E-state index in [4.69, 9.17) is 23.2 Å². The van der Waals surface area contributed by atoms with Crippen molar-refractivity contribution in [1.29, 1.82) is 0 Å². The number of benzene rings is 2. The van der Waals surface area contributed by atoms with Gasteiger partial charge < -0.3 is 15.7 Å². The van der Waals surface area contributed by atoms with Crippen LogP contribution in [0, 0.1) is 0 Å². The zero-order chi connectivity index (χ0) is 18.5. The van der Waals surface area contributed by atoms with Crippen LogP contribution in [0.1, 0.15) is 15.9 Å². The van der Waals surface area contributed by atoms with Gasteiger partial charge in [-0.05, 0) is 54.1 Å². The summed E-state index contributed by atoms with van der Waals surface area (Å²) in [7, 11) is 0. The van der Waals surface area contributed by atoms with Crippen LogP contribution in [0.3, 0.4) is 0 Å². The maximum atomic E-state index is 12.3. The molecule has 1 heterocycles. The third kappa shape index (κ3) is 4.45. The highest BCUT2D eigenvalue weighted by Gasteiger charge is 2.13. The number of amides is 1. The van der Waals surface area contributed by atoms with Crippen molar-refractivity contribution in [3.63, 3.8) is 0 Å². The second-order valence-electron chi connectivity index (χ2n) is 5.52. The molecule has 3 N–H and O–H groups in total. The summed E-state index contributed by atoms with van der Waals surface area (Å²) in [5.74, 6) is -0.650. The summed E-state index contributed by atoms with van der Waals surface area (Å²) in [6.07, 6.45) is 3.46. The maximum Gasteiger partial charge on any atom is 0.259 e. The van der Waals surface area contributed by atoms with Crippen molar-refractivity contribution in [3.8, 4) is 5.75 Å². The van der Waals surface area contributed by atoms with E-state index >= 15 is 0 Å². The van der Waals surface area contributed by atoms with Gasteiger partial charge in [-0.25, -0.2) is 0 Å². The summed E-state index contributed by atoms with van der Waals surface area (Å²) >= 11 is 12.1. The number of nitrogens with one attached hydrogen (secondary N) is 2. The molecule has 0 radical (unpaired) electrons. The zero-order valence-electron chi connectivity index (χ0n) is 13.5. The van der Waals surface area contributed by atoms with Gasteiger partial charge in [0.2, 0.25) is 0 Å². The van der Waals surface area contributed by atoms with Crippen LogP contribution in [0.4, 0.5) is 11.4 Å². The van der Waals surface area contributed by atoms with Crippen molar-refractivity contribution in [3.05, 3.63) is 82.1 Å². The fraction of sp³-hybridized carbons (Fsp3) is 0.0526. The Hall–Kier alpha value is -2.76. The van der Waals surface area contributed by atoms with E-state index in [0.717, 1.165) is 11.3 Å². The Bertz CT molecular complexity index is 933. The smallest absolute Gasteiger partial charge is 0.259 e. The molecule has 2 aromatic carbocycles. The van der Waals surface area contributed by atoms with E-state index in [1.165, 1.54) is 18.2 Å². The summed E-state index contributed by atoms with van der Waals surface area (Å²) < 4.78 is 0. The van der Waals surface area contributed by atoms with Crippen molar-refractivity contribution in [1.82, 2.24) is 4.98 Å². The number of hydrogen-bond acceptors (Lipinski definition) is 4. The van der Waals surface area contributed by atoms with Gasteiger partial charge in [-0.15, -0.1) is 0 Å². The van der Waals surface area contributed by atoms with E-state index in [-0.39, 0.29) is 11.3 Å². The monoisotopic (exact) mass is 387 g/mol. The molecule has 0 unspecified atom stereocenters. The summed E-state index contributed by atoms with van der Waals surface area (Å²) in [6, 6.07) is 13.3. The Morgan fingerprint density at radius 2 is 1.81 bits per heavy atom. The summed E-state index contributed by atoms with van der Waals surface area (Å²) in [6.45, 7) is 0.626. The molecule has 0 aliphatic rings. The van der Waals surface area contributed by atoms with Gasteiger partial charge in [-0.3, -0.25) is 9.78 Å². The number of halogens is 2. The number of aromatic nitrogens is 1. The van der Waals surface area contributed by atoms with Gasteiger partial charge >= 0.3 is 0 Å². The quantitative estimate of drug-likeness (QED) is 0.578. The Morgan fingerprint density at radius 1 is 1.04 bits per heavy atom. The maximum absolute atomic E-state index is 12.3. The number of pyridine rings is 1. The summed E-state index contributed by atoms with van der Waals surface area (Å²) in [4.78, 5) is 16.3. The molecule has 0 saturated carbocycles. The number of hydrogen-bond donors (Lipinski definition) is 3. The molecule has 1 aromatic heterocycles. The largest absolute Gasteiger partial charge is 0.507 e. The predicted octanol–water partition coefficient (Wildman–Crippen LogP) is 4.96. The number of carbonyl (C=O) groups excluding carboxylic acids is 1. The molecule has 132 valence electrons. The SMILES string of the molecule is O=C(Nc1ccc(NCc2ccncc2)cc1Cl)c1cc(Cl)ccc1O. The second-order valence-corrected chi connectivity index (χ2v) is 6.36. The minimum atomic E-state index is -0.496. The second kappa shape index (κ2) is 8.08. The number of anilines is 2. The Kier molecular flexibility index (Phi) is 5.61. The van der Waals surface area contributed by atoms with Gasteiger partial charge in [0, 0.05) is 29.6 Å². The lowest BCUT2D eigenvalue weighted by Crippen LogP contribution is -2.12. The van der Waals surface area contributed by atoms with E-state index in [0.29, 0.717) is 22.3 Å². The number of phenolic OH excluding ortho intramolecular Hbond substituents is 1. The molecule has 0 saturated heterocycles. The molecule has 0 spiro atoms. The van der Waals surface area contributed by atoms with Crippen LogP contribution in [0.2, 0.25) is 10.0 Å². The highest BCUT2D eigenvalue weighted by Crippen LogP contribution is 2.28. The molecule has 0 aliphatic carbocycles. The molecule has 0 aliphatic heterocycles. The van der Waals surface area contributed by atoms with Crippen molar-refractivity contribution in [2.75, 3.05) is 10.6 Å². The third-order valence-electron chi connectivity index (χ3n) is 3.67. The minimum absolute atomic E-state index is 0.0773. The van der Waals surface area contributed by atoms with Crippen LogP contribution in [0.5, 0.6) is 5.75 Å². The van der Waals surface area contributed by atoms with Gasteiger partial charge in [-0.1, -0.05) is 23.2 Å². The Balaban J connectivity index is 1.69. The Labute approximate surface area is 160 Å². The van der Waals surface area contributed by atoms with Crippen molar-refractivity contribution in [2.24, 2.45) is 0 Å². The van der Waals surface area contributed by atoms with Gasteiger partial charge in [0.05, 0.1) is 16.3 Å². The molecular weight excluding hydrogens is 373 g/mol. The standard InChI is InChI=1S/C19H15Cl2N3O2/c20-13-1-4-18(25)15(9-13)19(26)24-17-3-2-14(10-16(17)21)23-11-12-5-7-22-8-6-12/h1-10,23,25H,11H2,(H,24,26). The fourth-order valence-electron chi connectivity index (χ4n) is 2.31. The van der Waals surface area contributed by atoms with E-state index in [1.54, 1.807) is 30.6 Å².